The topological polar surface area (TPSA) is 9.23 Å². The first-order valence-electron chi connectivity index (χ1n) is 5.27. The SMILES string of the molecule is CCCCCP.ClC1CCCCO1. The molecule has 13 heavy (non-hydrogen) atoms. The van der Waals surface area contributed by atoms with Crippen LogP contribution in [-0.2, 0) is 4.74 Å². The molecule has 1 saturated heterocycles. The average Bonchev–Trinajstić information content (AvgIpc) is 2.17. The third-order valence-corrected chi connectivity index (χ3v) is 2.68. The van der Waals surface area contributed by atoms with Gasteiger partial charge < -0.3 is 4.74 Å². The van der Waals surface area contributed by atoms with E-state index >= 15 is 0 Å². The van der Waals surface area contributed by atoms with E-state index in [1.807, 2.05) is 0 Å². The van der Waals surface area contributed by atoms with Gasteiger partial charge in [-0.15, -0.1) is 9.24 Å². The molecule has 1 fully saturated rings. The summed E-state index contributed by atoms with van der Waals surface area (Å²) in [6, 6.07) is 0. The highest BCUT2D eigenvalue weighted by Gasteiger charge is 2.08. The molecule has 1 rings (SSSR count). The summed E-state index contributed by atoms with van der Waals surface area (Å²) >= 11 is 5.59. The van der Waals surface area contributed by atoms with Gasteiger partial charge in [-0.2, -0.15) is 0 Å². The van der Waals surface area contributed by atoms with Gasteiger partial charge in [-0.1, -0.05) is 31.4 Å². The normalized spacial score (nSPS) is 21.9. The summed E-state index contributed by atoms with van der Waals surface area (Å²) < 4.78 is 5.04. The highest BCUT2D eigenvalue weighted by atomic mass is 35.5. The predicted molar refractivity (Wildman–Crippen MR) is 63.5 cm³/mol. The molecule has 0 bridgehead atoms. The molecule has 0 aromatic heterocycles. The van der Waals surface area contributed by atoms with Crippen LogP contribution >= 0.6 is 20.8 Å². The lowest BCUT2D eigenvalue weighted by molar-refractivity contribution is 0.0680. The first-order chi connectivity index (χ1) is 6.31. The predicted octanol–water partition coefficient (Wildman–Crippen LogP) is 3.80. The first-order valence-corrected chi connectivity index (χ1v) is 6.52. The minimum Gasteiger partial charge on any atom is -0.362 e. The van der Waals surface area contributed by atoms with Crippen LogP contribution in [0.2, 0.25) is 0 Å². The number of hydrogen-bond donors (Lipinski definition) is 0. The molecule has 0 amide bonds. The maximum atomic E-state index is 5.59. The molecule has 0 N–H and O–H groups in total. The summed E-state index contributed by atoms with van der Waals surface area (Å²) in [5.41, 5.74) is 0.00810. The molecule has 1 heterocycles. The van der Waals surface area contributed by atoms with Crippen molar-refractivity contribution in [3.63, 3.8) is 0 Å². The van der Waals surface area contributed by atoms with Gasteiger partial charge in [-0.05, 0) is 31.8 Å². The van der Waals surface area contributed by atoms with Gasteiger partial charge in [-0.25, -0.2) is 0 Å². The summed E-state index contributed by atoms with van der Waals surface area (Å²) in [6.45, 7) is 3.08. The minimum absolute atomic E-state index is 0.00810. The van der Waals surface area contributed by atoms with Gasteiger partial charge in [0.2, 0.25) is 0 Å². The Balaban J connectivity index is 0.000000226. The zero-order valence-corrected chi connectivity index (χ0v) is 10.5. The van der Waals surface area contributed by atoms with Crippen LogP contribution < -0.4 is 0 Å². The van der Waals surface area contributed by atoms with Crippen LogP contribution in [0.3, 0.4) is 0 Å². The third kappa shape index (κ3) is 10.6. The molecule has 1 aliphatic rings. The molecule has 2 atom stereocenters. The summed E-state index contributed by atoms with van der Waals surface area (Å²) in [4.78, 5) is 0. The fourth-order valence-electron chi connectivity index (χ4n) is 1.10. The Morgan fingerprint density at radius 3 is 2.38 bits per heavy atom. The van der Waals surface area contributed by atoms with E-state index < -0.39 is 0 Å². The molecular formula is C10H22ClOP. The van der Waals surface area contributed by atoms with Crippen molar-refractivity contribution in [1.29, 1.82) is 0 Å². The van der Waals surface area contributed by atoms with Crippen LogP contribution in [0.5, 0.6) is 0 Å². The molecule has 3 heteroatoms. The monoisotopic (exact) mass is 224 g/mol. The molecule has 0 spiro atoms. The maximum Gasteiger partial charge on any atom is 0.131 e. The van der Waals surface area contributed by atoms with Gasteiger partial charge in [0, 0.05) is 6.61 Å². The van der Waals surface area contributed by atoms with E-state index in [9.17, 15) is 0 Å². The number of unbranched alkanes of at least 4 members (excludes halogenated alkanes) is 2. The lowest BCUT2D eigenvalue weighted by atomic mass is 10.2. The van der Waals surface area contributed by atoms with E-state index in [1.54, 1.807) is 0 Å². The van der Waals surface area contributed by atoms with Crippen molar-refractivity contribution < 1.29 is 4.74 Å². The molecule has 2 unspecified atom stereocenters. The highest BCUT2D eigenvalue weighted by molar-refractivity contribution is 7.16. The van der Waals surface area contributed by atoms with E-state index in [1.165, 1.54) is 38.3 Å². The van der Waals surface area contributed by atoms with Crippen molar-refractivity contribution in [1.82, 2.24) is 0 Å². The molecule has 0 aromatic carbocycles. The maximum absolute atomic E-state index is 5.59. The van der Waals surface area contributed by atoms with E-state index in [0.717, 1.165) is 13.0 Å². The number of halogens is 1. The zero-order chi connectivity index (χ0) is 9.94. The van der Waals surface area contributed by atoms with Gasteiger partial charge >= 0.3 is 0 Å². The molecule has 0 aliphatic carbocycles. The third-order valence-electron chi connectivity index (χ3n) is 1.93. The molecular weight excluding hydrogens is 203 g/mol. The molecule has 1 nitrogen and oxygen atoms in total. The van der Waals surface area contributed by atoms with Crippen LogP contribution in [-0.4, -0.2) is 18.3 Å². The Kier molecular flexibility index (Phi) is 11.3. The fraction of sp³-hybridized carbons (Fsp3) is 1.00. The summed E-state index contributed by atoms with van der Waals surface area (Å²) in [6.07, 6.45) is 8.83. The van der Waals surface area contributed by atoms with Crippen molar-refractivity contribution >= 4 is 20.8 Å². The lowest BCUT2D eigenvalue weighted by Gasteiger charge is -2.15. The van der Waals surface area contributed by atoms with Crippen LogP contribution in [0.15, 0.2) is 0 Å². The molecule has 0 saturated carbocycles. The second-order valence-corrected chi connectivity index (χ2v) is 4.34. The Labute approximate surface area is 89.8 Å². The number of ether oxygens (including phenoxy) is 1. The van der Waals surface area contributed by atoms with Crippen LogP contribution in [0, 0.1) is 0 Å². The molecule has 0 aromatic rings. The number of hydrogen-bond acceptors (Lipinski definition) is 1. The summed E-state index contributed by atoms with van der Waals surface area (Å²) in [5.74, 6) is 0. The summed E-state index contributed by atoms with van der Waals surface area (Å²) in [5, 5.41) is 0. The van der Waals surface area contributed by atoms with Gasteiger partial charge in [-0.3, -0.25) is 0 Å². The minimum atomic E-state index is 0.00810. The van der Waals surface area contributed by atoms with Crippen molar-refractivity contribution in [2.75, 3.05) is 12.8 Å². The molecule has 1 aliphatic heterocycles. The van der Waals surface area contributed by atoms with Crippen molar-refractivity contribution in [3.05, 3.63) is 0 Å². The highest BCUT2D eigenvalue weighted by Crippen LogP contribution is 2.14. The second kappa shape index (κ2) is 10.8. The number of rotatable bonds is 3. The number of alkyl halides is 1. The first kappa shape index (κ1) is 13.7. The smallest absolute Gasteiger partial charge is 0.131 e. The quantitative estimate of drug-likeness (QED) is 0.403. The zero-order valence-electron chi connectivity index (χ0n) is 8.60. The van der Waals surface area contributed by atoms with Gasteiger partial charge in [0.1, 0.15) is 5.56 Å². The largest absolute Gasteiger partial charge is 0.362 e. The van der Waals surface area contributed by atoms with Crippen LogP contribution in [0.25, 0.3) is 0 Å². The fourth-order valence-corrected chi connectivity index (χ4v) is 1.63. The van der Waals surface area contributed by atoms with E-state index in [0.29, 0.717) is 0 Å². The van der Waals surface area contributed by atoms with E-state index in [2.05, 4.69) is 16.2 Å². The average molecular weight is 225 g/mol. The van der Waals surface area contributed by atoms with E-state index in [-0.39, 0.29) is 5.56 Å². The van der Waals surface area contributed by atoms with Crippen LogP contribution in [0.4, 0.5) is 0 Å². The Hall–Kier alpha value is 0.680. The Bertz CT molecular complexity index is 90.9. The van der Waals surface area contributed by atoms with E-state index in [4.69, 9.17) is 16.3 Å². The Morgan fingerprint density at radius 2 is 2.15 bits per heavy atom. The molecule has 0 radical (unpaired) electrons. The van der Waals surface area contributed by atoms with Gasteiger partial charge in [0.05, 0.1) is 0 Å². The van der Waals surface area contributed by atoms with Crippen LogP contribution in [0.1, 0.15) is 45.4 Å². The van der Waals surface area contributed by atoms with Crippen molar-refractivity contribution in [3.8, 4) is 0 Å². The molecule has 80 valence electrons. The standard InChI is InChI=1S/C5H9ClO.C5H13P/c6-5-3-1-2-4-7-5;1-2-3-4-5-6/h5H,1-4H2;2-6H2,1H3. The second-order valence-electron chi connectivity index (χ2n) is 3.27. The van der Waals surface area contributed by atoms with Gasteiger partial charge in [0.15, 0.2) is 0 Å². The van der Waals surface area contributed by atoms with Crippen molar-refractivity contribution in [2.24, 2.45) is 0 Å². The Morgan fingerprint density at radius 1 is 1.38 bits per heavy atom. The summed E-state index contributed by atoms with van der Waals surface area (Å²) in [7, 11) is 2.73. The van der Waals surface area contributed by atoms with Crippen molar-refractivity contribution in [2.45, 2.75) is 51.0 Å². The van der Waals surface area contributed by atoms with Gasteiger partial charge in [0.25, 0.3) is 0 Å². The lowest BCUT2D eigenvalue weighted by Crippen LogP contribution is -2.11.